The van der Waals surface area contributed by atoms with Crippen LogP contribution in [0.25, 0.3) is 0 Å². The van der Waals surface area contributed by atoms with Crippen LogP contribution in [0.3, 0.4) is 0 Å². The summed E-state index contributed by atoms with van der Waals surface area (Å²) in [6, 6.07) is 12.5. The maximum Gasteiger partial charge on any atom is 0.272 e. The Morgan fingerprint density at radius 1 is 1.29 bits per heavy atom. The van der Waals surface area contributed by atoms with Crippen LogP contribution < -0.4 is 5.32 Å². The van der Waals surface area contributed by atoms with Crippen LogP contribution in [0.4, 0.5) is 0 Å². The Labute approximate surface area is 169 Å². The molecule has 2 unspecified atom stereocenters. The number of ether oxygens (including phenoxy) is 1. The highest BCUT2D eigenvalue weighted by Crippen LogP contribution is 2.28. The highest BCUT2D eigenvalue weighted by atomic mass is 32.1. The summed E-state index contributed by atoms with van der Waals surface area (Å²) < 4.78 is 7.42. The van der Waals surface area contributed by atoms with Crippen molar-refractivity contribution in [3.05, 3.63) is 75.5 Å². The minimum absolute atomic E-state index is 0.161. The number of nitrogens with one attached hydrogen (secondary N) is 1. The molecule has 2 atom stereocenters. The van der Waals surface area contributed by atoms with Gasteiger partial charge in [-0.05, 0) is 34.9 Å². The normalized spacial score (nSPS) is 15.6. The summed E-state index contributed by atoms with van der Waals surface area (Å²) in [5.74, 6) is 1.18. The van der Waals surface area contributed by atoms with Crippen molar-refractivity contribution in [2.75, 3.05) is 6.61 Å². The Morgan fingerprint density at radius 2 is 2.07 bits per heavy atom. The summed E-state index contributed by atoms with van der Waals surface area (Å²) in [5.41, 5.74) is 2.85. The van der Waals surface area contributed by atoms with E-state index in [1.54, 1.807) is 11.3 Å². The molecule has 1 aliphatic heterocycles. The number of carbonyl (C=O) groups is 1. The average molecular weight is 396 g/mol. The van der Waals surface area contributed by atoms with Crippen LogP contribution in [0.1, 0.15) is 64.5 Å². The molecule has 0 radical (unpaired) electrons. The maximum absolute atomic E-state index is 12.9. The highest BCUT2D eigenvalue weighted by Gasteiger charge is 2.22. The molecular formula is C22H25N3O2S. The standard InChI is InChI=1S/C22H25N3O2S/c1-3-15(2)16-6-8-17(9-7-16)21(19-5-4-12-28-19)24-22(26)18-13-25-10-11-27-14-20(25)23-18/h4-9,12-13,15,21H,3,10-11,14H2,1-2H3,(H,24,26). The molecule has 6 heteroatoms. The van der Waals surface area contributed by atoms with E-state index in [-0.39, 0.29) is 11.9 Å². The number of hydrogen-bond acceptors (Lipinski definition) is 4. The number of amides is 1. The van der Waals surface area contributed by atoms with Crippen LogP contribution in [0.2, 0.25) is 0 Å². The summed E-state index contributed by atoms with van der Waals surface area (Å²) in [4.78, 5) is 18.5. The number of aromatic nitrogens is 2. The van der Waals surface area contributed by atoms with E-state index in [1.165, 1.54) is 5.56 Å². The van der Waals surface area contributed by atoms with Gasteiger partial charge in [0.15, 0.2) is 0 Å². The van der Waals surface area contributed by atoms with E-state index in [4.69, 9.17) is 4.74 Å². The van der Waals surface area contributed by atoms with E-state index in [1.807, 2.05) is 22.2 Å². The molecular weight excluding hydrogens is 370 g/mol. The van der Waals surface area contributed by atoms with Crippen LogP contribution in [0.5, 0.6) is 0 Å². The molecule has 4 rings (SSSR count). The van der Waals surface area contributed by atoms with Gasteiger partial charge in [0, 0.05) is 17.6 Å². The molecule has 0 saturated heterocycles. The molecule has 146 valence electrons. The lowest BCUT2D eigenvalue weighted by Gasteiger charge is -2.19. The van der Waals surface area contributed by atoms with Gasteiger partial charge in [-0.1, -0.05) is 44.2 Å². The van der Waals surface area contributed by atoms with Gasteiger partial charge in [-0.2, -0.15) is 0 Å². The minimum atomic E-state index is -0.187. The summed E-state index contributed by atoms with van der Waals surface area (Å²) in [7, 11) is 0. The summed E-state index contributed by atoms with van der Waals surface area (Å²) in [6.07, 6.45) is 2.93. The number of nitrogens with zero attached hydrogens (tertiary/aromatic N) is 2. The van der Waals surface area contributed by atoms with E-state index >= 15 is 0 Å². The van der Waals surface area contributed by atoms with E-state index in [2.05, 4.69) is 54.5 Å². The Hall–Kier alpha value is -2.44. The van der Waals surface area contributed by atoms with Crippen LogP contribution >= 0.6 is 11.3 Å². The number of fused-ring (bicyclic) bond motifs is 1. The predicted octanol–water partition coefficient (Wildman–Crippen LogP) is 4.51. The Kier molecular flexibility index (Phi) is 5.59. The van der Waals surface area contributed by atoms with Crippen LogP contribution in [-0.4, -0.2) is 22.1 Å². The van der Waals surface area contributed by atoms with Crippen LogP contribution in [0.15, 0.2) is 48.0 Å². The fourth-order valence-corrected chi connectivity index (χ4v) is 4.23. The second kappa shape index (κ2) is 8.29. The first-order valence-electron chi connectivity index (χ1n) is 9.73. The molecule has 1 N–H and O–H groups in total. The van der Waals surface area contributed by atoms with Gasteiger partial charge in [-0.25, -0.2) is 4.98 Å². The van der Waals surface area contributed by atoms with Gasteiger partial charge in [0.1, 0.15) is 18.1 Å². The third kappa shape index (κ3) is 3.88. The second-order valence-electron chi connectivity index (χ2n) is 7.19. The zero-order valence-electron chi connectivity index (χ0n) is 16.2. The van der Waals surface area contributed by atoms with Gasteiger partial charge < -0.3 is 14.6 Å². The van der Waals surface area contributed by atoms with E-state index in [9.17, 15) is 4.79 Å². The maximum atomic E-state index is 12.9. The number of hydrogen-bond donors (Lipinski definition) is 1. The van der Waals surface area contributed by atoms with Gasteiger partial charge in [0.2, 0.25) is 0 Å². The van der Waals surface area contributed by atoms with Crippen molar-refractivity contribution < 1.29 is 9.53 Å². The quantitative estimate of drug-likeness (QED) is 0.668. The first-order valence-corrected chi connectivity index (χ1v) is 10.6. The van der Waals surface area contributed by atoms with Gasteiger partial charge in [0.05, 0.1) is 12.6 Å². The third-order valence-corrected chi connectivity index (χ3v) is 6.29. The average Bonchev–Trinajstić information content (AvgIpc) is 3.41. The van der Waals surface area contributed by atoms with E-state index in [0.29, 0.717) is 24.8 Å². The van der Waals surface area contributed by atoms with Crippen molar-refractivity contribution in [3.8, 4) is 0 Å². The molecule has 0 bridgehead atoms. The monoisotopic (exact) mass is 395 g/mol. The molecule has 2 aromatic heterocycles. The number of imidazole rings is 1. The van der Waals surface area contributed by atoms with Crippen molar-refractivity contribution in [1.29, 1.82) is 0 Å². The predicted molar refractivity (Wildman–Crippen MR) is 111 cm³/mol. The van der Waals surface area contributed by atoms with Crippen LogP contribution in [0, 0.1) is 0 Å². The van der Waals surface area contributed by atoms with Crippen molar-refractivity contribution in [2.45, 2.75) is 45.4 Å². The molecule has 5 nitrogen and oxygen atoms in total. The first-order chi connectivity index (χ1) is 13.7. The molecule has 28 heavy (non-hydrogen) atoms. The molecule has 0 spiro atoms. The SMILES string of the molecule is CCC(C)c1ccc(C(NC(=O)c2cn3c(n2)COCC3)c2cccs2)cc1. The second-order valence-corrected chi connectivity index (χ2v) is 8.17. The molecule has 0 fully saturated rings. The fraction of sp³-hybridized carbons (Fsp3) is 0.364. The topological polar surface area (TPSA) is 56.2 Å². The molecule has 0 aliphatic carbocycles. The van der Waals surface area contributed by atoms with Gasteiger partial charge in [-0.3, -0.25) is 4.79 Å². The van der Waals surface area contributed by atoms with Crippen molar-refractivity contribution in [1.82, 2.24) is 14.9 Å². The summed E-state index contributed by atoms with van der Waals surface area (Å²) >= 11 is 1.65. The van der Waals surface area contributed by atoms with Gasteiger partial charge in [-0.15, -0.1) is 11.3 Å². The number of benzene rings is 1. The first kappa shape index (κ1) is 18.9. The molecule has 3 heterocycles. The largest absolute Gasteiger partial charge is 0.372 e. The molecule has 0 saturated carbocycles. The number of thiophene rings is 1. The van der Waals surface area contributed by atoms with E-state index < -0.39 is 0 Å². The van der Waals surface area contributed by atoms with Crippen molar-refractivity contribution in [2.24, 2.45) is 0 Å². The van der Waals surface area contributed by atoms with Crippen LogP contribution in [-0.2, 0) is 17.9 Å². The Morgan fingerprint density at radius 3 is 2.75 bits per heavy atom. The van der Waals surface area contributed by atoms with E-state index in [0.717, 1.165) is 29.2 Å². The minimum Gasteiger partial charge on any atom is -0.372 e. The number of rotatable bonds is 6. The Bertz CT molecular complexity index is 908. The fourth-order valence-electron chi connectivity index (χ4n) is 3.43. The molecule has 1 aromatic carbocycles. The molecule has 1 aliphatic rings. The summed E-state index contributed by atoms with van der Waals surface area (Å²) in [6.45, 7) is 6.28. The lowest BCUT2D eigenvalue weighted by atomic mass is 9.95. The smallest absolute Gasteiger partial charge is 0.272 e. The third-order valence-electron chi connectivity index (χ3n) is 5.35. The summed E-state index contributed by atoms with van der Waals surface area (Å²) in [5, 5.41) is 5.22. The molecule has 1 amide bonds. The van der Waals surface area contributed by atoms with Crippen molar-refractivity contribution >= 4 is 17.2 Å². The lowest BCUT2D eigenvalue weighted by molar-refractivity contribution is 0.0816. The van der Waals surface area contributed by atoms with Crippen molar-refractivity contribution in [3.63, 3.8) is 0 Å². The Balaban J connectivity index is 1.58. The van der Waals surface area contributed by atoms with Gasteiger partial charge in [0.25, 0.3) is 5.91 Å². The van der Waals surface area contributed by atoms with Gasteiger partial charge >= 0.3 is 0 Å². The number of carbonyl (C=O) groups excluding carboxylic acids is 1. The zero-order valence-corrected chi connectivity index (χ0v) is 17.0. The lowest BCUT2D eigenvalue weighted by Crippen LogP contribution is -2.29. The molecule has 3 aromatic rings. The highest BCUT2D eigenvalue weighted by molar-refractivity contribution is 7.10. The zero-order chi connectivity index (χ0) is 19.5.